The van der Waals surface area contributed by atoms with Gasteiger partial charge < -0.3 is 11.1 Å². The maximum absolute atomic E-state index is 13.1. The van der Waals surface area contributed by atoms with Crippen molar-refractivity contribution in [1.29, 1.82) is 0 Å². The molecule has 1 aromatic heterocycles. The van der Waals surface area contributed by atoms with Gasteiger partial charge in [-0.15, -0.1) is 0 Å². The Hall–Kier alpha value is -4.17. The Morgan fingerprint density at radius 1 is 1.03 bits per heavy atom. The number of aryl methyl sites for hydroxylation is 1. The number of non-ortho nitro benzene ring substituents is 1. The van der Waals surface area contributed by atoms with E-state index in [9.17, 15) is 14.9 Å². The number of anilines is 3. The van der Waals surface area contributed by atoms with Crippen LogP contribution in [0.25, 0.3) is 5.69 Å². The highest BCUT2D eigenvalue weighted by molar-refractivity contribution is 6.30. The molecule has 4 rings (SSSR count). The third-order valence-electron chi connectivity index (χ3n) is 4.86. The number of nitrogens with zero attached hydrogens (tertiary/aromatic N) is 3. The van der Waals surface area contributed by atoms with E-state index in [2.05, 4.69) is 10.4 Å². The van der Waals surface area contributed by atoms with Gasteiger partial charge in [0.25, 0.3) is 5.69 Å². The van der Waals surface area contributed by atoms with E-state index < -0.39 is 4.92 Å². The SMILES string of the molecule is Cc1ccc(C(=O)c2nn(-c3ccc(Cl)cc3)c(Nc3ccc([N+](=O)[O-])cc3)c2N)cc1. The molecule has 0 fully saturated rings. The first-order valence-electron chi connectivity index (χ1n) is 9.61. The molecule has 0 unspecified atom stereocenters. The molecule has 8 nitrogen and oxygen atoms in total. The van der Waals surface area contributed by atoms with Crippen LogP contribution >= 0.6 is 11.6 Å². The van der Waals surface area contributed by atoms with Crippen LogP contribution in [0.4, 0.5) is 22.9 Å². The zero-order valence-corrected chi connectivity index (χ0v) is 17.7. The summed E-state index contributed by atoms with van der Waals surface area (Å²) in [6, 6.07) is 19.9. The summed E-state index contributed by atoms with van der Waals surface area (Å²) in [7, 11) is 0. The molecule has 0 aliphatic carbocycles. The van der Waals surface area contributed by atoms with Crippen LogP contribution in [0.3, 0.4) is 0 Å². The smallest absolute Gasteiger partial charge is 0.269 e. The number of ketones is 1. The van der Waals surface area contributed by atoms with Crippen molar-refractivity contribution in [3.05, 3.63) is 105 Å². The first-order valence-corrected chi connectivity index (χ1v) is 9.98. The van der Waals surface area contributed by atoms with Gasteiger partial charge in [-0.1, -0.05) is 41.4 Å². The largest absolute Gasteiger partial charge is 0.394 e. The molecule has 3 aromatic carbocycles. The van der Waals surface area contributed by atoms with Crippen LogP contribution in [-0.4, -0.2) is 20.5 Å². The number of nitro benzene ring substituents is 1. The molecule has 32 heavy (non-hydrogen) atoms. The number of nitrogens with one attached hydrogen (secondary N) is 1. The van der Waals surface area contributed by atoms with Gasteiger partial charge in [-0.2, -0.15) is 5.10 Å². The zero-order chi connectivity index (χ0) is 22.8. The van der Waals surface area contributed by atoms with Gasteiger partial charge in [0.15, 0.2) is 11.5 Å². The minimum Gasteiger partial charge on any atom is -0.394 e. The van der Waals surface area contributed by atoms with Crippen LogP contribution in [-0.2, 0) is 0 Å². The van der Waals surface area contributed by atoms with Gasteiger partial charge in [0.2, 0.25) is 5.78 Å². The van der Waals surface area contributed by atoms with E-state index in [1.807, 2.05) is 19.1 Å². The number of nitrogens with two attached hydrogens (primary N) is 1. The van der Waals surface area contributed by atoms with Crippen LogP contribution in [0.5, 0.6) is 0 Å². The van der Waals surface area contributed by atoms with Crippen molar-refractivity contribution in [2.45, 2.75) is 6.92 Å². The monoisotopic (exact) mass is 447 g/mol. The number of rotatable bonds is 6. The second kappa shape index (κ2) is 8.52. The van der Waals surface area contributed by atoms with Crippen molar-refractivity contribution in [3.63, 3.8) is 0 Å². The number of halogens is 1. The predicted octanol–water partition coefficient (Wildman–Crippen LogP) is 5.30. The molecule has 0 saturated heterocycles. The lowest BCUT2D eigenvalue weighted by Gasteiger charge is -2.11. The molecule has 0 saturated carbocycles. The van der Waals surface area contributed by atoms with Crippen molar-refractivity contribution in [2.24, 2.45) is 0 Å². The van der Waals surface area contributed by atoms with E-state index >= 15 is 0 Å². The van der Waals surface area contributed by atoms with Crippen molar-refractivity contribution >= 4 is 40.3 Å². The summed E-state index contributed by atoms with van der Waals surface area (Å²) in [4.78, 5) is 23.6. The molecule has 0 aliphatic heterocycles. The molecule has 160 valence electrons. The first kappa shape index (κ1) is 21.1. The fourth-order valence-electron chi connectivity index (χ4n) is 3.13. The van der Waals surface area contributed by atoms with Crippen LogP contribution < -0.4 is 11.1 Å². The fraction of sp³-hybridized carbons (Fsp3) is 0.0435. The van der Waals surface area contributed by atoms with Gasteiger partial charge in [-0.25, -0.2) is 4.68 Å². The molecule has 0 atom stereocenters. The van der Waals surface area contributed by atoms with Gasteiger partial charge >= 0.3 is 0 Å². The first-order chi connectivity index (χ1) is 15.3. The Kier molecular flexibility index (Phi) is 5.61. The van der Waals surface area contributed by atoms with Gasteiger partial charge in [-0.3, -0.25) is 14.9 Å². The molecule has 0 aliphatic rings. The molecule has 0 bridgehead atoms. The quantitative estimate of drug-likeness (QED) is 0.235. The molecule has 0 amide bonds. The Balaban J connectivity index is 1.79. The summed E-state index contributed by atoms with van der Waals surface area (Å²) in [5.74, 6) is 0.0404. The van der Waals surface area contributed by atoms with Crippen LogP contribution in [0.2, 0.25) is 5.02 Å². The summed E-state index contributed by atoms with van der Waals surface area (Å²) >= 11 is 6.01. The van der Waals surface area contributed by atoms with E-state index in [1.165, 1.54) is 16.8 Å². The van der Waals surface area contributed by atoms with Crippen LogP contribution in [0.15, 0.2) is 72.8 Å². The minimum absolute atomic E-state index is 0.0371. The second-order valence-electron chi connectivity index (χ2n) is 7.12. The lowest BCUT2D eigenvalue weighted by Crippen LogP contribution is -2.06. The number of carbonyl (C=O) groups is 1. The van der Waals surface area contributed by atoms with E-state index in [0.717, 1.165) is 5.56 Å². The Bertz CT molecular complexity index is 1300. The van der Waals surface area contributed by atoms with Crippen molar-refractivity contribution in [2.75, 3.05) is 11.1 Å². The summed E-state index contributed by atoms with van der Waals surface area (Å²) in [5.41, 5.74) is 9.25. The Morgan fingerprint density at radius 3 is 2.25 bits per heavy atom. The van der Waals surface area contributed by atoms with Gasteiger partial charge in [0.05, 0.1) is 10.6 Å². The normalized spacial score (nSPS) is 10.7. The second-order valence-corrected chi connectivity index (χ2v) is 7.56. The van der Waals surface area contributed by atoms with E-state index in [0.29, 0.717) is 27.8 Å². The summed E-state index contributed by atoms with van der Waals surface area (Å²) in [5, 5.41) is 19.1. The molecule has 1 heterocycles. The molecule has 9 heteroatoms. The zero-order valence-electron chi connectivity index (χ0n) is 16.9. The topological polar surface area (TPSA) is 116 Å². The third-order valence-corrected chi connectivity index (χ3v) is 5.11. The van der Waals surface area contributed by atoms with Gasteiger partial charge in [-0.05, 0) is 43.3 Å². The van der Waals surface area contributed by atoms with E-state index in [1.54, 1.807) is 48.5 Å². The summed E-state index contributed by atoms with van der Waals surface area (Å²) in [6.07, 6.45) is 0. The Labute approximate surface area is 188 Å². The number of nitrogen functional groups attached to an aromatic ring is 1. The maximum atomic E-state index is 13.1. The fourth-order valence-corrected chi connectivity index (χ4v) is 3.26. The number of hydrogen-bond acceptors (Lipinski definition) is 6. The standard InChI is InChI=1S/C23H18ClN5O3/c1-14-2-4-15(5-3-14)22(30)21-20(25)23(26-17-8-12-19(13-9-17)29(31)32)28(27-21)18-10-6-16(24)7-11-18/h2-13,26H,25H2,1H3. The molecule has 0 radical (unpaired) electrons. The molecular formula is C23H18ClN5O3. The van der Waals surface area contributed by atoms with Crippen molar-refractivity contribution in [3.8, 4) is 5.69 Å². The summed E-state index contributed by atoms with van der Waals surface area (Å²) in [6.45, 7) is 1.93. The average molecular weight is 448 g/mol. The average Bonchev–Trinajstić information content (AvgIpc) is 3.11. The van der Waals surface area contributed by atoms with Crippen molar-refractivity contribution < 1.29 is 9.72 Å². The Morgan fingerprint density at radius 2 is 1.66 bits per heavy atom. The van der Waals surface area contributed by atoms with Crippen LogP contribution in [0.1, 0.15) is 21.6 Å². The number of benzene rings is 3. The summed E-state index contributed by atoms with van der Waals surface area (Å²) < 4.78 is 1.51. The maximum Gasteiger partial charge on any atom is 0.269 e. The molecule has 3 N–H and O–H groups in total. The van der Waals surface area contributed by atoms with Gasteiger partial charge in [0.1, 0.15) is 5.69 Å². The van der Waals surface area contributed by atoms with Gasteiger partial charge in [0, 0.05) is 28.4 Å². The predicted molar refractivity (Wildman–Crippen MR) is 124 cm³/mol. The number of carbonyl (C=O) groups excluding carboxylic acids is 1. The van der Waals surface area contributed by atoms with Crippen molar-refractivity contribution in [1.82, 2.24) is 9.78 Å². The molecular weight excluding hydrogens is 430 g/mol. The minimum atomic E-state index is -0.478. The highest BCUT2D eigenvalue weighted by Crippen LogP contribution is 2.31. The number of aromatic nitrogens is 2. The van der Waals surface area contributed by atoms with Crippen LogP contribution in [0, 0.1) is 17.0 Å². The molecule has 0 spiro atoms. The third kappa shape index (κ3) is 4.17. The van der Waals surface area contributed by atoms with E-state index in [4.69, 9.17) is 17.3 Å². The lowest BCUT2D eigenvalue weighted by atomic mass is 10.1. The molecule has 4 aromatic rings. The highest BCUT2D eigenvalue weighted by atomic mass is 35.5. The highest BCUT2D eigenvalue weighted by Gasteiger charge is 2.23. The lowest BCUT2D eigenvalue weighted by molar-refractivity contribution is -0.384. The number of hydrogen-bond donors (Lipinski definition) is 2. The number of nitro groups is 1. The van der Waals surface area contributed by atoms with E-state index in [-0.39, 0.29) is 22.9 Å².